The highest BCUT2D eigenvalue weighted by Gasteiger charge is 2.34. The fourth-order valence-corrected chi connectivity index (χ4v) is 1.90. The molecule has 0 aliphatic rings. The van der Waals surface area contributed by atoms with Gasteiger partial charge in [-0.3, -0.25) is 9.59 Å². The van der Waals surface area contributed by atoms with Crippen LogP contribution in [0.3, 0.4) is 0 Å². The van der Waals surface area contributed by atoms with E-state index < -0.39 is 29.8 Å². The number of aromatic nitrogens is 1. The number of carbonyl (C=O) groups is 1. The Morgan fingerprint density at radius 2 is 2.00 bits per heavy atom. The molecule has 1 aromatic heterocycles. The molecule has 0 unspecified atom stereocenters. The Hall–Kier alpha value is -3.08. The third-order valence-corrected chi connectivity index (χ3v) is 2.91. The van der Waals surface area contributed by atoms with Gasteiger partial charge in [-0.05, 0) is 30.3 Å². The summed E-state index contributed by atoms with van der Waals surface area (Å²) in [5.41, 5.74) is -1.99. The maximum atomic E-state index is 12.7. The van der Waals surface area contributed by atoms with Crippen LogP contribution in [-0.4, -0.2) is 10.5 Å². The number of carbonyl (C=O) groups excluding carboxylic acids is 1. The number of pyridine rings is 1. The average Bonchev–Trinajstić information content (AvgIpc) is 2.48. The van der Waals surface area contributed by atoms with Crippen molar-refractivity contribution in [2.45, 2.75) is 12.7 Å². The van der Waals surface area contributed by atoms with Crippen molar-refractivity contribution in [1.82, 2.24) is 4.57 Å². The van der Waals surface area contributed by atoms with E-state index in [2.05, 4.69) is 5.32 Å². The third kappa shape index (κ3) is 3.97. The van der Waals surface area contributed by atoms with E-state index in [1.807, 2.05) is 6.07 Å². The number of anilines is 1. The third-order valence-electron chi connectivity index (χ3n) is 2.91. The number of amides is 1. The van der Waals surface area contributed by atoms with Crippen molar-refractivity contribution >= 4 is 11.6 Å². The number of nitrogens with zero attached hydrogens (tertiary/aromatic N) is 2. The van der Waals surface area contributed by atoms with E-state index >= 15 is 0 Å². The van der Waals surface area contributed by atoms with Crippen molar-refractivity contribution in [2.75, 3.05) is 5.32 Å². The number of hydrogen-bond acceptors (Lipinski definition) is 3. The van der Waals surface area contributed by atoms with Crippen molar-refractivity contribution in [3.63, 3.8) is 0 Å². The van der Waals surface area contributed by atoms with Crippen LogP contribution in [0.2, 0.25) is 0 Å². The van der Waals surface area contributed by atoms with Crippen molar-refractivity contribution in [1.29, 1.82) is 5.26 Å². The van der Waals surface area contributed by atoms with Gasteiger partial charge in [-0.2, -0.15) is 18.4 Å². The maximum Gasteiger partial charge on any atom is 0.421 e. The van der Waals surface area contributed by atoms with Crippen molar-refractivity contribution in [3.8, 4) is 6.07 Å². The van der Waals surface area contributed by atoms with Crippen LogP contribution in [0.5, 0.6) is 0 Å². The molecular formula is C15H10F3N3O2. The summed E-state index contributed by atoms with van der Waals surface area (Å²) in [7, 11) is 0. The summed E-state index contributed by atoms with van der Waals surface area (Å²) in [4.78, 5) is 23.6. The van der Waals surface area contributed by atoms with Gasteiger partial charge in [0.1, 0.15) is 12.1 Å². The van der Waals surface area contributed by atoms with Crippen molar-refractivity contribution in [3.05, 3.63) is 64.1 Å². The molecule has 0 aliphatic heterocycles. The minimum Gasteiger partial charge on any atom is -0.324 e. The standard InChI is InChI=1S/C15H10F3N3O2/c16-15(17,18)12-5-2-6-21(14(12)23)9-13(22)20-11-4-1-3-10(7-11)8-19/h1-7H,9H2,(H,20,22). The number of hydrogen-bond donors (Lipinski definition) is 1. The second kappa shape index (κ2) is 6.36. The first-order valence-corrected chi connectivity index (χ1v) is 6.38. The highest BCUT2D eigenvalue weighted by Crippen LogP contribution is 2.25. The van der Waals surface area contributed by atoms with E-state index in [0.717, 1.165) is 12.3 Å². The molecule has 118 valence electrons. The molecule has 0 spiro atoms. The zero-order chi connectivity index (χ0) is 17.0. The van der Waals surface area contributed by atoms with Crippen LogP contribution in [0.1, 0.15) is 11.1 Å². The molecular weight excluding hydrogens is 311 g/mol. The second-order valence-electron chi connectivity index (χ2n) is 4.59. The molecule has 2 rings (SSSR count). The molecule has 0 saturated heterocycles. The van der Waals surface area contributed by atoms with E-state index in [-0.39, 0.29) is 0 Å². The normalized spacial score (nSPS) is 10.9. The van der Waals surface area contributed by atoms with E-state index in [4.69, 9.17) is 5.26 Å². The van der Waals surface area contributed by atoms with Gasteiger partial charge in [0.15, 0.2) is 0 Å². The first-order valence-electron chi connectivity index (χ1n) is 6.38. The van der Waals surface area contributed by atoms with Crippen LogP contribution < -0.4 is 10.9 Å². The number of halogens is 3. The lowest BCUT2D eigenvalue weighted by Crippen LogP contribution is -2.31. The average molecular weight is 321 g/mol. The van der Waals surface area contributed by atoms with Crippen LogP contribution in [0.25, 0.3) is 0 Å². The van der Waals surface area contributed by atoms with Gasteiger partial charge in [0, 0.05) is 11.9 Å². The van der Waals surface area contributed by atoms with Crippen LogP contribution in [0, 0.1) is 11.3 Å². The fourth-order valence-electron chi connectivity index (χ4n) is 1.90. The van der Waals surface area contributed by atoms with Crippen LogP contribution in [0.15, 0.2) is 47.4 Å². The van der Waals surface area contributed by atoms with Gasteiger partial charge in [0.2, 0.25) is 5.91 Å². The van der Waals surface area contributed by atoms with Gasteiger partial charge in [-0.1, -0.05) is 6.07 Å². The predicted octanol–water partition coefficient (Wildman–Crippen LogP) is 2.38. The quantitative estimate of drug-likeness (QED) is 0.943. The lowest BCUT2D eigenvalue weighted by atomic mass is 10.2. The number of alkyl halides is 3. The summed E-state index contributed by atoms with van der Waals surface area (Å²) >= 11 is 0. The van der Waals surface area contributed by atoms with E-state index in [1.165, 1.54) is 18.2 Å². The molecule has 0 radical (unpaired) electrons. The lowest BCUT2D eigenvalue weighted by Gasteiger charge is -2.10. The molecule has 0 bridgehead atoms. The van der Waals surface area contributed by atoms with Gasteiger partial charge < -0.3 is 9.88 Å². The smallest absolute Gasteiger partial charge is 0.324 e. The van der Waals surface area contributed by atoms with E-state index in [1.54, 1.807) is 6.07 Å². The molecule has 0 atom stereocenters. The van der Waals surface area contributed by atoms with Crippen LogP contribution in [-0.2, 0) is 17.5 Å². The second-order valence-corrected chi connectivity index (χ2v) is 4.59. The molecule has 2 aromatic rings. The summed E-state index contributed by atoms with van der Waals surface area (Å²) in [6.45, 7) is -0.570. The summed E-state index contributed by atoms with van der Waals surface area (Å²) in [6, 6.07) is 9.61. The molecule has 23 heavy (non-hydrogen) atoms. The van der Waals surface area contributed by atoms with Gasteiger partial charge in [0.25, 0.3) is 5.56 Å². The summed E-state index contributed by atoms with van der Waals surface area (Å²) in [6.07, 6.45) is -3.68. The molecule has 0 fully saturated rings. The summed E-state index contributed by atoms with van der Waals surface area (Å²) in [5, 5.41) is 11.2. The lowest BCUT2D eigenvalue weighted by molar-refractivity contribution is -0.139. The van der Waals surface area contributed by atoms with Crippen molar-refractivity contribution in [2.24, 2.45) is 0 Å². The monoisotopic (exact) mass is 321 g/mol. The Bertz CT molecular complexity index is 835. The Morgan fingerprint density at radius 1 is 1.26 bits per heavy atom. The molecule has 1 N–H and O–H groups in total. The zero-order valence-electron chi connectivity index (χ0n) is 11.6. The van der Waals surface area contributed by atoms with Crippen LogP contribution >= 0.6 is 0 Å². The number of nitriles is 1. The minimum absolute atomic E-state index is 0.314. The first kappa shape index (κ1) is 16.3. The van der Waals surface area contributed by atoms with Crippen molar-refractivity contribution < 1.29 is 18.0 Å². The van der Waals surface area contributed by atoms with E-state index in [0.29, 0.717) is 21.9 Å². The molecule has 8 heteroatoms. The van der Waals surface area contributed by atoms with Crippen LogP contribution in [0.4, 0.5) is 18.9 Å². The summed E-state index contributed by atoms with van der Waals surface area (Å²) < 4.78 is 38.6. The molecule has 1 aromatic carbocycles. The van der Waals surface area contributed by atoms with Gasteiger partial charge in [-0.25, -0.2) is 0 Å². The molecule has 0 aliphatic carbocycles. The topological polar surface area (TPSA) is 74.9 Å². The molecule has 1 amide bonds. The largest absolute Gasteiger partial charge is 0.421 e. The minimum atomic E-state index is -4.78. The number of rotatable bonds is 3. The Labute approximate surface area is 128 Å². The zero-order valence-corrected chi connectivity index (χ0v) is 11.6. The molecule has 5 nitrogen and oxygen atoms in total. The Morgan fingerprint density at radius 3 is 2.65 bits per heavy atom. The first-order chi connectivity index (χ1) is 10.8. The predicted molar refractivity (Wildman–Crippen MR) is 75.5 cm³/mol. The maximum absolute atomic E-state index is 12.7. The Kier molecular flexibility index (Phi) is 4.50. The highest BCUT2D eigenvalue weighted by atomic mass is 19.4. The Balaban J connectivity index is 2.18. The molecule has 0 saturated carbocycles. The van der Waals surface area contributed by atoms with Gasteiger partial charge >= 0.3 is 6.18 Å². The highest BCUT2D eigenvalue weighted by molar-refractivity contribution is 5.90. The SMILES string of the molecule is N#Cc1cccc(NC(=O)Cn2cccc(C(F)(F)F)c2=O)c1. The molecule has 1 heterocycles. The van der Waals surface area contributed by atoms with Gasteiger partial charge in [-0.15, -0.1) is 0 Å². The number of benzene rings is 1. The summed E-state index contributed by atoms with van der Waals surface area (Å²) in [5.74, 6) is -0.679. The van der Waals surface area contributed by atoms with Gasteiger partial charge in [0.05, 0.1) is 11.6 Å². The fraction of sp³-hybridized carbons (Fsp3) is 0.133. The number of nitrogens with one attached hydrogen (secondary N) is 1. The van der Waals surface area contributed by atoms with E-state index in [9.17, 15) is 22.8 Å².